The van der Waals surface area contributed by atoms with E-state index in [-0.39, 0.29) is 5.91 Å². The van der Waals surface area contributed by atoms with Crippen LogP contribution in [0, 0.1) is 0 Å². The van der Waals surface area contributed by atoms with Gasteiger partial charge < -0.3 is 10.1 Å². The Morgan fingerprint density at radius 3 is 2.52 bits per heavy atom. The lowest BCUT2D eigenvalue weighted by molar-refractivity contribution is -0.115. The third-order valence-electron chi connectivity index (χ3n) is 3.25. The van der Waals surface area contributed by atoms with Crippen molar-refractivity contribution in [3.63, 3.8) is 0 Å². The zero-order valence-electron chi connectivity index (χ0n) is 12.0. The minimum atomic E-state index is -0.248. The second-order valence-electron chi connectivity index (χ2n) is 4.92. The van der Waals surface area contributed by atoms with Crippen molar-refractivity contribution < 1.29 is 9.53 Å². The van der Waals surface area contributed by atoms with E-state index in [2.05, 4.69) is 10.6 Å². The minimum Gasteiger partial charge on any atom is -0.488 e. The van der Waals surface area contributed by atoms with Crippen molar-refractivity contribution in [2.24, 2.45) is 0 Å². The first-order valence-electron chi connectivity index (χ1n) is 6.92. The fraction of sp³-hybridized carbons (Fsp3) is 0.0588. The molecule has 0 unspecified atom stereocenters. The number of thiocarbonyl (C=S) groups is 1. The first-order valence-corrected chi connectivity index (χ1v) is 7.71. The van der Waals surface area contributed by atoms with Crippen molar-refractivity contribution in [2.45, 2.75) is 6.61 Å². The number of benzene rings is 2. The lowest BCUT2D eigenvalue weighted by Crippen LogP contribution is -2.21. The van der Waals surface area contributed by atoms with E-state index in [9.17, 15) is 4.79 Å². The van der Waals surface area contributed by atoms with Crippen LogP contribution in [-0.2, 0) is 11.4 Å². The molecule has 1 heterocycles. The highest BCUT2D eigenvalue weighted by molar-refractivity contribution is 7.80. The van der Waals surface area contributed by atoms with E-state index in [4.69, 9.17) is 28.6 Å². The number of amides is 1. The highest BCUT2D eigenvalue weighted by Gasteiger charge is 2.20. The molecule has 23 heavy (non-hydrogen) atoms. The average Bonchev–Trinajstić information content (AvgIpc) is 2.86. The maximum absolute atomic E-state index is 11.7. The average molecular weight is 345 g/mol. The summed E-state index contributed by atoms with van der Waals surface area (Å²) in [7, 11) is 0. The van der Waals surface area contributed by atoms with Gasteiger partial charge in [-0.3, -0.25) is 10.1 Å². The van der Waals surface area contributed by atoms with Crippen LogP contribution < -0.4 is 15.4 Å². The number of ether oxygens (including phenoxy) is 1. The summed E-state index contributed by atoms with van der Waals surface area (Å²) in [6.45, 7) is 0.412. The zero-order chi connectivity index (χ0) is 16.2. The van der Waals surface area contributed by atoms with Crippen LogP contribution in [0.25, 0.3) is 6.08 Å². The number of hydrogen-bond acceptors (Lipinski definition) is 3. The molecule has 1 aliphatic heterocycles. The molecule has 116 valence electrons. The van der Waals surface area contributed by atoms with Gasteiger partial charge >= 0.3 is 0 Å². The summed E-state index contributed by atoms with van der Waals surface area (Å²) in [4.78, 5) is 11.7. The van der Waals surface area contributed by atoms with E-state index in [0.29, 0.717) is 28.2 Å². The van der Waals surface area contributed by atoms with Gasteiger partial charge in [0.2, 0.25) is 0 Å². The number of carbonyl (C=O) groups is 1. The second kappa shape index (κ2) is 6.81. The molecule has 1 amide bonds. The van der Waals surface area contributed by atoms with Crippen molar-refractivity contribution in [1.29, 1.82) is 0 Å². The fourth-order valence-corrected chi connectivity index (χ4v) is 2.44. The van der Waals surface area contributed by atoms with Gasteiger partial charge in [-0.05, 0) is 42.1 Å². The SMILES string of the molecule is O=C1NC(=S)N/C1=C\c1ccccc1OCc1ccc(Cl)cc1. The Labute approximate surface area is 144 Å². The summed E-state index contributed by atoms with van der Waals surface area (Å²) < 4.78 is 5.86. The summed E-state index contributed by atoms with van der Waals surface area (Å²) in [5.41, 5.74) is 2.20. The van der Waals surface area contributed by atoms with Gasteiger partial charge in [0.15, 0.2) is 5.11 Å². The number of halogens is 1. The van der Waals surface area contributed by atoms with Crippen LogP contribution in [0.1, 0.15) is 11.1 Å². The van der Waals surface area contributed by atoms with Crippen LogP contribution in [0.4, 0.5) is 0 Å². The Morgan fingerprint density at radius 1 is 1.09 bits per heavy atom. The molecule has 4 nitrogen and oxygen atoms in total. The molecule has 0 atom stereocenters. The molecule has 2 aromatic carbocycles. The second-order valence-corrected chi connectivity index (χ2v) is 5.76. The zero-order valence-corrected chi connectivity index (χ0v) is 13.6. The number of para-hydroxylation sites is 1. The molecule has 0 aromatic heterocycles. The van der Waals surface area contributed by atoms with Gasteiger partial charge in [0, 0.05) is 10.6 Å². The Balaban J connectivity index is 1.78. The van der Waals surface area contributed by atoms with Crippen LogP contribution in [0.5, 0.6) is 5.75 Å². The summed E-state index contributed by atoms with van der Waals surface area (Å²) in [5, 5.41) is 6.34. The van der Waals surface area contributed by atoms with Crippen LogP contribution >= 0.6 is 23.8 Å². The predicted molar refractivity (Wildman–Crippen MR) is 94.1 cm³/mol. The number of carbonyl (C=O) groups excluding carboxylic acids is 1. The number of nitrogens with one attached hydrogen (secondary N) is 2. The molecule has 0 saturated carbocycles. The minimum absolute atomic E-state index is 0.248. The maximum Gasteiger partial charge on any atom is 0.273 e. The quantitative estimate of drug-likeness (QED) is 0.660. The molecule has 0 aliphatic carbocycles. The van der Waals surface area contributed by atoms with E-state index in [0.717, 1.165) is 11.1 Å². The monoisotopic (exact) mass is 344 g/mol. The highest BCUT2D eigenvalue weighted by atomic mass is 35.5. The first kappa shape index (κ1) is 15.5. The van der Waals surface area contributed by atoms with Gasteiger partial charge in [-0.15, -0.1) is 0 Å². The van der Waals surface area contributed by atoms with Crippen molar-refractivity contribution >= 4 is 40.9 Å². The molecule has 1 fully saturated rings. The molecule has 0 spiro atoms. The molecule has 1 aliphatic rings. The van der Waals surface area contributed by atoms with Gasteiger partial charge in [0.1, 0.15) is 18.1 Å². The Morgan fingerprint density at radius 2 is 1.83 bits per heavy atom. The van der Waals surface area contributed by atoms with Gasteiger partial charge in [-0.25, -0.2) is 0 Å². The van der Waals surface area contributed by atoms with Crippen molar-refractivity contribution in [1.82, 2.24) is 10.6 Å². The lowest BCUT2D eigenvalue weighted by Gasteiger charge is -2.10. The van der Waals surface area contributed by atoms with Crippen molar-refractivity contribution in [3.8, 4) is 5.75 Å². The topological polar surface area (TPSA) is 50.4 Å². The maximum atomic E-state index is 11.7. The van der Waals surface area contributed by atoms with Gasteiger partial charge in [0.05, 0.1) is 0 Å². The summed E-state index contributed by atoms with van der Waals surface area (Å²) in [6, 6.07) is 15.0. The van der Waals surface area contributed by atoms with Crippen LogP contribution in [0.15, 0.2) is 54.2 Å². The third-order valence-corrected chi connectivity index (χ3v) is 3.70. The fourth-order valence-electron chi connectivity index (χ4n) is 2.11. The highest BCUT2D eigenvalue weighted by Crippen LogP contribution is 2.22. The first-order chi connectivity index (χ1) is 11.1. The molecule has 1 saturated heterocycles. The molecule has 3 rings (SSSR count). The lowest BCUT2D eigenvalue weighted by atomic mass is 10.1. The Hall–Kier alpha value is -2.37. The molecular formula is C17H13ClN2O2S. The van der Waals surface area contributed by atoms with Crippen LogP contribution in [0.2, 0.25) is 5.02 Å². The van der Waals surface area contributed by atoms with E-state index in [1.807, 2.05) is 48.5 Å². The molecule has 2 N–H and O–H groups in total. The Bertz CT molecular complexity index is 787. The summed E-state index contributed by atoms with van der Waals surface area (Å²) in [6.07, 6.45) is 1.71. The van der Waals surface area contributed by atoms with Gasteiger partial charge in [-0.1, -0.05) is 41.9 Å². The molecular weight excluding hydrogens is 332 g/mol. The standard InChI is InChI=1S/C17H13ClN2O2S/c18-13-7-5-11(6-8-13)10-22-15-4-2-1-3-12(15)9-14-16(21)20-17(23)19-14/h1-9H,10H2,(H2,19,20,21,23)/b14-9-. The summed E-state index contributed by atoms with van der Waals surface area (Å²) >= 11 is 10.8. The van der Waals surface area contributed by atoms with E-state index in [1.165, 1.54) is 0 Å². The van der Waals surface area contributed by atoms with E-state index < -0.39 is 0 Å². The van der Waals surface area contributed by atoms with Crippen molar-refractivity contribution in [3.05, 3.63) is 70.4 Å². The third kappa shape index (κ3) is 3.88. The van der Waals surface area contributed by atoms with Crippen molar-refractivity contribution in [2.75, 3.05) is 0 Å². The normalized spacial score (nSPS) is 15.4. The van der Waals surface area contributed by atoms with E-state index in [1.54, 1.807) is 6.08 Å². The Kier molecular flexibility index (Phi) is 4.60. The smallest absolute Gasteiger partial charge is 0.273 e. The molecule has 0 radical (unpaired) electrons. The number of rotatable bonds is 4. The largest absolute Gasteiger partial charge is 0.488 e. The predicted octanol–water partition coefficient (Wildman–Crippen LogP) is 3.26. The molecule has 2 aromatic rings. The summed E-state index contributed by atoms with van der Waals surface area (Å²) in [5.74, 6) is 0.435. The number of hydrogen-bond donors (Lipinski definition) is 2. The van der Waals surface area contributed by atoms with Crippen LogP contribution in [0.3, 0.4) is 0 Å². The van der Waals surface area contributed by atoms with Gasteiger partial charge in [-0.2, -0.15) is 0 Å². The molecule has 0 bridgehead atoms. The van der Waals surface area contributed by atoms with Crippen LogP contribution in [-0.4, -0.2) is 11.0 Å². The van der Waals surface area contributed by atoms with Gasteiger partial charge in [0.25, 0.3) is 5.91 Å². The van der Waals surface area contributed by atoms with E-state index >= 15 is 0 Å². The molecule has 6 heteroatoms.